The van der Waals surface area contributed by atoms with Crippen LogP contribution in [0.1, 0.15) is 24.8 Å². The van der Waals surface area contributed by atoms with Gasteiger partial charge in [-0.2, -0.15) is 0 Å². The smallest absolute Gasteiger partial charge is 0.0307 e. The Hall–Kier alpha value is -0.760. The lowest BCUT2D eigenvalue weighted by molar-refractivity contribution is 0.681. The normalized spacial score (nSPS) is 20.0. The minimum absolute atomic E-state index is 0.998. The first-order chi connectivity index (χ1) is 6.60. The first-order valence-corrected chi connectivity index (χ1v) is 6.98. The summed E-state index contributed by atoms with van der Waals surface area (Å²) < 4.78 is 12.4. The van der Waals surface area contributed by atoms with Crippen LogP contribution in [-0.4, -0.2) is 15.3 Å². The van der Waals surface area contributed by atoms with Gasteiger partial charge in [-0.3, -0.25) is 4.21 Å². The molecule has 0 radical (unpaired) electrons. The van der Waals surface area contributed by atoms with E-state index in [1.807, 2.05) is 30.5 Å². The summed E-state index contributed by atoms with van der Waals surface area (Å²) in [5, 5.41) is 0. The number of hydrogen-bond donors (Lipinski definition) is 0. The molecule has 0 aliphatic heterocycles. The third kappa shape index (κ3) is 1.59. The fourth-order valence-corrected chi connectivity index (χ4v) is 3.73. The summed E-state index contributed by atoms with van der Waals surface area (Å²) in [6.45, 7) is 2.05. The van der Waals surface area contributed by atoms with Crippen molar-refractivity contribution in [1.82, 2.24) is 0 Å². The van der Waals surface area contributed by atoms with E-state index in [4.69, 9.17) is 0 Å². The van der Waals surface area contributed by atoms with Crippen molar-refractivity contribution < 1.29 is 4.21 Å². The molecular formula is C12H16OS. The third-order valence-corrected chi connectivity index (χ3v) is 5.61. The molecule has 0 spiro atoms. The second kappa shape index (κ2) is 3.43. The Morgan fingerprint density at radius 1 is 1.14 bits per heavy atom. The van der Waals surface area contributed by atoms with Crippen molar-refractivity contribution in [3.8, 4) is 0 Å². The lowest BCUT2D eigenvalue weighted by Crippen LogP contribution is -2.20. The number of aryl methyl sites for hydroxylation is 1. The van der Waals surface area contributed by atoms with Crippen LogP contribution in [0.3, 0.4) is 0 Å². The highest BCUT2D eigenvalue weighted by Gasteiger charge is 2.18. The van der Waals surface area contributed by atoms with Crippen molar-refractivity contribution in [1.29, 1.82) is 0 Å². The zero-order valence-electron chi connectivity index (χ0n) is 8.75. The maximum Gasteiger partial charge on any atom is 0.0307 e. The maximum atomic E-state index is 12.4. The highest BCUT2D eigenvalue weighted by Crippen LogP contribution is 2.22. The van der Waals surface area contributed by atoms with Gasteiger partial charge in [0.05, 0.1) is 0 Å². The van der Waals surface area contributed by atoms with E-state index in [1.54, 1.807) is 0 Å². The van der Waals surface area contributed by atoms with Crippen LogP contribution in [-0.2, 0) is 9.52 Å². The Morgan fingerprint density at radius 2 is 1.71 bits per heavy atom. The predicted octanol–water partition coefficient (Wildman–Crippen LogP) is 2.62. The highest BCUT2D eigenvalue weighted by atomic mass is 32.2. The molecule has 1 fully saturated rings. The fraction of sp³-hybridized carbons (Fsp3) is 0.417. The van der Waals surface area contributed by atoms with Crippen LogP contribution >= 0.6 is 0 Å². The second-order valence-corrected chi connectivity index (χ2v) is 6.78. The van der Waals surface area contributed by atoms with Gasteiger partial charge < -0.3 is 0 Å². The molecular weight excluding hydrogens is 192 g/mol. The van der Waals surface area contributed by atoms with Gasteiger partial charge in [-0.1, -0.05) is 17.7 Å². The van der Waals surface area contributed by atoms with Crippen molar-refractivity contribution in [3.05, 3.63) is 29.8 Å². The lowest BCUT2D eigenvalue weighted by atomic mass is 10.0. The van der Waals surface area contributed by atoms with E-state index >= 15 is 0 Å². The zero-order valence-corrected chi connectivity index (χ0v) is 9.56. The predicted molar refractivity (Wildman–Crippen MR) is 62.4 cm³/mol. The Bertz CT molecular complexity index is 442. The summed E-state index contributed by atoms with van der Waals surface area (Å²) >= 11 is 0. The summed E-state index contributed by atoms with van der Waals surface area (Å²) in [5.74, 6) is 0. The average molecular weight is 208 g/mol. The first kappa shape index (κ1) is 9.78. The van der Waals surface area contributed by atoms with Crippen LogP contribution in [0.2, 0.25) is 0 Å². The number of benzene rings is 1. The standard InChI is InChI=1S/C12H16OS/c1-10-6-8-12(9-7-10)14(2,13)11-4-3-5-11/h6-9H,3-5H2,1-2H3. The fourth-order valence-electron chi connectivity index (χ4n) is 1.68. The minimum atomic E-state index is -1.85. The quantitative estimate of drug-likeness (QED) is 0.648. The van der Waals surface area contributed by atoms with Crippen molar-refractivity contribution in [3.63, 3.8) is 0 Å². The van der Waals surface area contributed by atoms with Gasteiger partial charge >= 0.3 is 0 Å². The van der Waals surface area contributed by atoms with E-state index in [2.05, 4.69) is 6.92 Å². The number of hydrogen-bond acceptors (Lipinski definition) is 1. The summed E-state index contributed by atoms with van der Waals surface area (Å²) in [5.41, 5.74) is 1.22. The molecule has 1 aliphatic rings. The van der Waals surface area contributed by atoms with E-state index in [0.717, 1.165) is 17.7 Å². The van der Waals surface area contributed by atoms with Gasteiger partial charge in [0.15, 0.2) is 0 Å². The van der Waals surface area contributed by atoms with Crippen LogP contribution < -0.4 is 0 Å². The summed E-state index contributed by atoms with van der Waals surface area (Å²) in [7, 11) is -1.85. The SMILES string of the molecule is Cc1ccc(S(C)(=O)=C2CCC2)cc1. The van der Waals surface area contributed by atoms with Crippen LogP contribution in [0.25, 0.3) is 0 Å². The van der Waals surface area contributed by atoms with Gasteiger partial charge in [-0.25, -0.2) is 0 Å². The van der Waals surface area contributed by atoms with Crippen LogP contribution in [0.5, 0.6) is 0 Å². The maximum absolute atomic E-state index is 12.4. The Morgan fingerprint density at radius 3 is 2.14 bits per heavy atom. The van der Waals surface area contributed by atoms with Crippen LogP contribution in [0, 0.1) is 6.92 Å². The largest absolute Gasteiger partial charge is 0.263 e. The molecule has 2 heteroatoms. The van der Waals surface area contributed by atoms with Gasteiger partial charge in [-0.05, 0) is 52.7 Å². The summed E-state index contributed by atoms with van der Waals surface area (Å²) in [6, 6.07) is 8.08. The molecule has 0 N–H and O–H groups in total. The Labute approximate surface area is 86.2 Å². The Balaban J connectivity index is 2.49. The van der Waals surface area contributed by atoms with Crippen molar-refractivity contribution >= 4 is 14.4 Å². The van der Waals surface area contributed by atoms with Gasteiger partial charge in [0.25, 0.3) is 0 Å². The third-order valence-electron chi connectivity index (χ3n) is 2.93. The van der Waals surface area contributed by atoms with E-state index in [-0.39, 0.29) is 0 Å². The van der Waals surface area contributed by atoms with Gasteiger partial charge in [-0.15, -0.1) is 0 Å². The molecule has 2 rings (SSSR count). The van der Waals surface area contributed by atoms with Crippen molar-refractivity contribution in [2.45, 2.75) is 31.1 Å². The molecule has 1 saturated carbocycles. The molecule has 1 aromatic carbocycles. The summed E-state index contributed by atoms with van der Waals surface area (Å²) in [4.78, 5) is 2.25. The van der Waals surface area contributed by atoms with Crippen LogP contribution in [0.15, 0.2) is 29.2 Å². The second-order valence-electron chi connectivity index (χ2n) is 4.05. The topological polar surface area (TPSA) is 17.1 Å². The molecule has 0 saturated heterocycles. The average Bonchev–Trinajstić information content (AvgIpc) is 2.00. The van der Waals surface area contributed by atoms with Gasteiger partial charge in [0.1, 0.15) is 0 Å². The summed E-state index contributed by atoms with van der Waals surface area (Å²) in [6.07, 6.45) is 5.21. The van der Waals surface area contributed by atoms with Gasteiger partial charge in [0, 0.05) is 11.2 Å². The van der Waals surface area contributed by atoms with E-state index in [9.17, 15) is 4.21 Å². The molecule has 0 aromatic heterocycles. The van der Waals surface area contributed by atoms with Crippen molar-refractivity contribution in [2.75, 3.05) is 6.26 Å². The zero-order chi connectivity index (χ0) is 10.2. The molecule has 0 heterocycles. The molecule has 1 aliphatic carbocycles. The molecule has 1 nitrogen and oxygen atoms in total. The first-order valence-electron chi connectivity index (χ1n) is 5.01. The minimum Gasteiger partial charge on any atom is -0.263 e. The van der Waals surface area contributed by atoms with Gasteiger partial charge in [0.2, 0.25) is 0 Å². The Kier molecular flexibility index (Phi) is 2.40. The van der Waals surface area contributed by atoms with E-state index in [0.29, 0.717) is 0 Å². The molecule has 76 valence electrons. The highest BCUT2D eigenvalue weighted by molar-refractivity contribution is 8.01. The molecule has 1 aromatic rings. The molecule has 1 atom stereocenters. The molecule has 1 unspecified atom stereocenters. The van der Waals surface area contributed by atoms with E-state index in [1.165, 1.54) is 16.8 Å². The van der Waals surface area contributed by atoms with Crippen LogP contribution in [0.4, 0.5) is 0 Å². The van der Waals surface area contributed by atoms with Crippen molar-refractivity contribution in [2.24, 2.45) is 0 Å². The lowest BCUT2D eigenvalue weighted by Gasteiger charge is -2.21. The monoisotopic (exact) mass is 208 g/mol. The molecule has 14 heavy (non-hydrogen) atoms. The molecule has 0 amide bonds. The number of rotatable bonds is 1. The van der Waals surface area contributed by atoms with E-state index < -0.39 is 9.52 Å². The molecule has 0 bridgehead atoms.